The molecule has 5 nitrogen and oxygen atoms in total. The number of rotatable bonds is 1. The van der Waals surface area contributed by atoms with Gasteiger partial charge in [-0.05, 0) is 5.21 Å². The van der Waals surface area contributed by atoms with Crippen molar-refractivity contribution >= 4 is 0 Å². The molecule has 0 radical (unpaired) electrons. The Labute approximate surface area is 51.9 Å². The Morgan fingerprint density at radius 2 is 2.67 bits per heavy atom. The Morgan fingerprint density at radius 3 is 3.00 bits per heavy atom. The van der Waals surface area contributed by atoms with E-state index in [0.717, 1.165) is 0 Å². The lowest BCUT2D eigenvalue weighted by atomic mass is 10.6. The minimum absolute atomic E-state index is 0.310. The van der Waals surface area contributed by atoms with Crippen LogP contribution >= 0.6 is 0 Å². The van der Waals surface area contributed by atoms with E-state index in [4.69, 9.17) is 5.26 Å². The average molecular weight is 123 g/mol. The van der Waals surface area contributed by atoms with Crippen LogP contribution in [0.5, 0.6) is 0 Å². The second kappa shape index (κ2) is 2.13. The van der Waals surface area contributed by atoms with E-state index in [9.17, 15) is 0 Å². The van der Waals surface area contributed by atoms with Crippen LogP contribution in [0.4, 0.5) is 0 Å². The van der Waals surface area contributed by atoms with Crippen LogP contribution in [0.25, 0.3) is 0 Å². The quantitative estimate of drug-likeness (QED) is 0.537. The van der Waals surface area contributed by atoms with Gasteiger partial charge in [-0.3, -0.25) is 0 Å². The molecule has 0 unspecified atom stereocenters. The van der Waals surface area contributed by atoms with Gasteiger partial charge in [0.25, 0.3) is 0 Å². The Morgan fingerprint density at radius 1 is 1.89 bits per heavy atom. The SMILES string of the molecule is CNn1cc(C#N)nn1. The largest absolute Gasteiger partial charge is 0.312 e. The maximum absolute atomic E-state index is 8.25. The first-order valence-electron chi connectivity index (χ1n) is 2.37. The van der Waals surface area contributed by atoms with Crippen molar-refractivity contribution < 1.29 is 0 Å². The molecular formula is C4H5N5. The highest BCUT2D eigenvalue weighted by molar-refractivity contribution is 5.13. The van der Waals surface area contributed by atoms with Gasteiger partial charge in [-0.1, -0.05) is 0 Å². The smallest absolute Gasteiger partial charge is 0.184 e. The number of nitriles is 1. The maximum atomic E-state index is 8.25. The molecule has 46 valence electrons. The molecule has 0 saturated carbocycles. The molecule has 0 bridgehead atoms. The first-order valence-corrected chi connectivity index (χ1v) is 2.37. The Hall–Kier alpha value is -1.57. The van der Waals surface area contributed by atoms with E-state index in [2.05, 4.69) is 15.7 Å². The van der Waals surface area contributed by atoms with Gasteiger partial charge in [0.15, 0.2) is 5.69 Å². The van der Waals surface area contributed by atoms with Crippen molar-refractivity contribution in [3.05, 3.63) is 11.9 Å². The second-order valence-corrected chi connectivity index (χ2v) is 1.38. The van der Waals surface area contributed by atoms with Gasteiger partial charge in [0.1, 0.15) is 6.07 Å². The minimum atomic E-state index is 0.310. The number of nitrogens with one attached hydrogen (secondary N) is 1. The van der Waals surface area contributed by atoms with E-state index in [1.54, 1.807) is 7.05 Å². The average Bonchev–Trinajstić information content (AvgIpc) is 2.34. The molecule has 1 heterocycles. The summed E-state index contributed by atoms with van der Waals surface area (Å²) in [6.45, 7) is 0. The summed E-state index contributed by atoms with van der Waals surface area (Å²) in [6, 6.07) is 1.85. The molecule has 0 aliphatic carbocycles. The van der Waals surface area contributed by atoms with Crippen LogP contribution in [-0.2, 0) is 0 Å². The van der Waals surface area contributed by atoms with Crippen LogP contribution in [0.2, 0.25) is 0 Å². The fourth-order valence-electron chi connectivity index (χ4n) is 0.424. The molecule has 0 fully saturated rings. The van der Waals surface area contributed by atoms with E-state index >= 15 is 0 Å². The lowest BCUT2D eigenvalue weighted by molar-refractivity contribution is 0.728. The first kappa shape index (κ1) is 5.56. The third-order valence-corrected chi connectivity index (χ3v) is 0.837. The van der Waals surface area contributed by atoms with Crippen molar-refractivity contribution in [2.75, 3.05) is 12.5 Å². The van der Waals surface area contributed by atoms with Gasteiger partial charge in [0.05, 0.1) is 6.20 Å². The van der Waals surface area contributed by atoms with Crippen LogP contribution in [0.1, 0.15) is 5.69 Å². The molecule has 0 spiro atoms. The van der Waals surface area contributed by atoms with Crippen LogP contribution in [0.15, 0.2) is 6.20 Å². The third-order valence-electron chi connectivity index (χ3n) is 0.837. The predicted octanol–water partition coefficient (Wildman–Crippen LogP) is -0.677. The van der Waals surface area contributed by atoms with Crippen molar-refractivity contribution in [1.29, 1.82) is 5.26 Å². The van der Waals surface area contributed by atoms with E-state index in [1.165, 1.54) is 11.0 Å². The summed E-state index contributed by atoms with van der Waals surface area (Å²) in [6.07, 6.45) is 1.50. The number of nitrogens with zero attached hydrogens (tertiary/aromatic N) is 4. The highest BCUT2D eigenvalue weighted by atomic mass is 15.6. The molecule has 0 aromatic carbocycles. The molecule has 0 amide bonds. The number of hydrogen-bond acceptors (Lipinski definition) is 4. The normalized spacial score (nSPS) is 8.44. The van der Waals surface area contributed by atoms with Gasteiger partial charge in [-0.15, -0.1) is 5.10 Å². The molecular weight excluding hydrogens is 118 g/mol. The second-order valence-electron chi connectivity index (χ2n) is 1.38. The summed E-state index contributed by atoms with van der Waals surface area (Å²) < 4.78 is 0. The van der Waals surface area contributed by atoms with Crippen molar-refractivity contribution in [1.82, 2.24) is 15.1 Å². The summed E-state index contributed by atoms with van der Waals surface area (Å²) in [5, 5.41) is 15.3. The zero-order chi connectivity index (χ0) is 6.69. The monoisotopic (exact) mass is 123 g/mol. The van der Waals surface area contributed by atoms with Crippen LogP contribution < -0.4 is 5.43 Å². The predicted molar refractivity (Wildman–Crippen MR) is 30.0 cm³/mol. The lowest BCUT2D eigenvalue weighted by Gasteiger charge is -1.90. The van der Waals surface area contributed by atoms with Gasteiger partial charge < -0.3 is 5.43 Å². The number of aromatic nitrogens is 3. The molecule has 0 saturated heterocycles. The summed E-state index contributed by atoms with van der Waals surface area (Å²) in [5.74, 6) is 0. The van der Waals surface area contributed by atoms with Gasteiger partial charge in [-0.25, -0.2) is 0 Å². The fourth-order valence-corrected chi connectivity index (χ4v) is 0.424. The van der Waals surface area contributed by atoms with Crippen LogP contribution in [-0.4, -0.2) is 22.2 Å². The topological polar surface area (TPSA) is 66.5 Å². The Balaban J connectivity index is 2.90. The zero-order valence-corrected chi connectivity index (χ0v) is 4.87. The van der Waals surface area contributed by atoms with Crippen LogP contribution in [0.3, 0.4) is 0 Å². The van der Waals surface area contributed by atoms with Crippen LogP contribution in [0, 0.1) is 11.3 Å². The van der Waals surface area contributed by atoms with Gasteiger partial charge in [-0.2, -0.15) is 10.1 Å². The van der Waals surface area contributed by atoms with E-state index in [-0.39, 0.29) is 0 Å². The lowest BCUT2D eigenvalue weighted by Crippen LogP contribution is -2.08. The summed E-state index contributed by atoms with van der Waals surface area (Å²) in [7, 11) is 1.69. The molecule has 0 atom stereocenters. The first-order chi connectivity index (χ1) is 4.36. The fraction of sp³-hybridized carbons (Fsp3) is 0.250. The molecule has 0 aliphatic heterocycles. The van der Waals surface area contributed by atoms with Crippen molar-refractivity contribution in [3.63, 3.8) is 0 Å². The third kappa shape index (κ3) is 0.966. The van der Waals surface area contributed by atoms with Crippen molar-refractivity contribution in [2.24, 2.45) is 0 Å². The van der Waals surface area contributed by atoms with Gasteiger partial charge >= 0.3 is 0 Å². The van der Waals surface area contributed by atoms with Gasteiger partial charge in [0.2, 0.25) is 0 Å². The molecule has 0 aliphatic rings. The van der Waals surface area contributed by atoms with E-state index < -0.39 is 0 Å². The van der Waals surface area contributed by atoms with Crippen molar-refractivity contribution in [3.8, 4) is 6.07 Å². The summed E-state index contributed by atoms with van der Waals surface area (Å²) >= 11 is 0. The van der Waals surface area contributed by atoms with E-state index in [0.29, 0.717) is 5.69 Å². The summed E-state index contributed by atoms with van der Waals surface area (Å²) in [5.41, 5.74) is 2.98. The Bertz CT molecular complexity index is 231. The highest BCUT2D eigenvalue weighted by Crippen LogP contribution is 1.84. The molecule has 9 heavy (non-hydrogen) atoms. The molecule has 1 N–H and O–H groups in total. The van der Waals surface area contributed by atoms with Crippen molar-refractivity contribution in [2.45, 2.75) is 0 Å². The minimum Gasteiger partial charge on any atom is -0.312 e. The maximum Gasteiger partial charge on any atom is 0.184 e. The van der Waals surface area contributed by atoms with Gasteiger partial charge in [0, 0.05) is 7.05 Å². The molecule has 5 heteroatoms. The molecule has 1 rings (SSSR count). The number of hydrogen-bond donors (Lipinski definition) is 1. The highest BCUT2D eigenvalue weighted by Gasteiger charge is 1.93. The zero-order valence-electron chi connectivity index (χ0n) is 4.87. The molecule has 1 aromatic heterocycles. The molecule has 1 aromatic rings. The van der Waals surface area contributed by atoms with E-state index in [1.807, 2.05) is 6.07 Å². The summed E-state index contributed by atoms with van der Waals surface area (Å²) in [4.78, 5) is 1.36. The Kier molecular flexibility index (Phi) is 1.32. The standard InChI is InChI=1S/C4H5N5/c1-6-9-3-4(2-5)7-8-9/h3,6H,1H3.